The van der Waals surface area contributed by atoms with Crippen LogP contribution in [0.2, 0.25) is 0 Å². The van der Waals surface area contributed by atoms with E-state index in [2.05, 4.69) is 91.0 Å². The van der Waals surface area contributed by atoms with Crippen LogP contribution in [0.3, 0.4) is 0 Å². The molecule has 224 valence electrons. The van der Waals surface area contributed by atoms with Crippen LogP contribution in [0, 0.1) is 0 Å². The number of benzene rings is 3. The summed E-state index contributed by atoms with van der Waals surface area (Å²) in [6.45, 7) is 0.0465. The third-order valence-corrected chi connectivity index (χ3v) is 9.79. The van der Waals surface area contributed by atoms with E-state index >= 15 is 0 Å². The van der Waals surface area contributed by atoms with E-state index in [1.54, 1.807) is 0 Å². The lowest BCUT2D eigenvalue weighted by molar-refractivity contribution is -0.444. The number of hydrogen-bond donors (Lipinski definition) is 0. The van der Waals surface area contributed by atoms with E-state index in [-0.39, 0.29) is 17.8 Å². The van der Waals surface area contributed by atoms with Crippen LogP contribution in [0.25, 0.3) is 0 Å². The van der Waals surface area contributed by atoms with Crippen molar-refractivity contribution in [2.75, 3.05) is 0 Å². The van der Waals surface area contributed by atoms with Gasteiger partial charge in [-0.1, -0.05) is 61.5 Å². The predicted molar refractivity (Wildman–Crippen MR) is 129 cm³/mol. The van der Waals surface area contributed by atoms with Gasteiger partial charge in [0.05, 0.1) is 10.9 Å². The molecule has 3 aromatic rings. The minimum Gasteiger partial charge on any atom is -0.745 e. The van der Waals surface area contributed by atoms with Gasteiger partial charge in [0.25, 0.3) is 0 Å². The van der Waals surface area contributed by atoms with Crippen molar-refractivity contribution in [2.24, 2.45) is 0 Å². The summed E-state index contributed by atoms with van der Waals surface area (Å²) >= 11 is 0. The summed E-state index contributed by atoms with van der Waals surface area (Å²) in [5, 5.41) is -7.26. The Morgan fingerprint density at radius 1 is 0.561 bits per heavy atom. The van der Waals surface area contributed by atoms with E-state index in [1.807, 2.05) is 0 Å². The van der Waals surface area contributed by atoms with Gasteiger partial charge in [0.2, 0.25) is 5.67 Å². The molecular weight excluding hydrogens is 614 g/mol. The Kier molecular flexibility index (Phi) is 8.63. The maximum absolute atomic E-state index is 13.7. The monoisotopic (exact) mass is 634 g/mol. The zero-order chi connectivity index (χ0) is 31.1. The summed E-state index contributed by atoms with van der Waals surface area (Å²) in [4.78, 5) is 4.08. The molecule has 0 radical (unpaired) electrons. The fraction of sp³-hybridized carbons (Fsp3) is 0.308. The van der Waals surface area contributed by atoms with Crippen molar-refractivity contribution in [1.29, 1.82) is 0 Å². The summed E-state index contributed by atoms with van der Waals surface area (Å²) in [6.07, 6.45) is -2.35. The van der Waals surface area contributed by atoms with Crippen LogP contribution in [0.4, 0.5) is 43.9 Å². The van der Waals surface area contributed by atoms with Gasteiger partial charge in [-0.3, -0.25) is 0 Å². The van der Waals surface area contributed by atoms with Gasteiger partial charge in [-0.25, -0.2) is 17.2 Å². The van der Waals surface area contributed by atoms with Gasteiger partial charge in [-0.2, -0.15) is 35.1 Å². The SMILES string of the molecule is CCC1(F)C(F)(F)C(F)(F)C(F)(S(=O)(=O)[O-])C(F)(F)C1(F)F.c1ccc([S+](c2ccccc2)c2ccccc2)cc1. The molecule has 0 heterocycles. The first kappa shape index (κ1) is 32.7. The molecule has 41 heavy (non-hydrogen) atoms. The Labute approximate surface area is 231 Å². The second-order valence-electron chi connectivity index (χ2n) is 8.75. The molecular formula is C26H20F10O3S2. The van der Waals surface area contributed by atoms with E-state index < -0.39 is 50.9 Å². The zero-order valence-electron chi connectivity index (χ0n) is 20.7. The van der Waals surface area contributed by atoms with Crippen LogP contribution < -0.4 is 0 Å². The van der Waals surface area contributed by atoms with Crippen LogP contribution in [-0.4, -0.2) is 47.3 Å². The van der Waals surface area contributed by atoms with Crippen molar-refractivity contribution in [3.8, 4) is 0 Å². The molecule has 1 saturated carbocycles. The molecule has 0 bridgehead atoms. The fourth-order valence-corrected chi connectivity index (χ4v) is 7.12. The van der Waals surface area contributed by atoms with Crippen LogP contribution in [-0.2, 0) is 21.0 Å². The van der Waals surface area contributed by atoms with Crippen molar-refractivity contribution in [3.63, 3.8) is 0 Å². The number of halogens is 10. The minimum atomic E-state index is -7.78. The molecule has 1 aliphatic rings. The van der Waals surface area contributed by atoms with Crippen molar-refractivity contribution >= 4 is 21.0 Å². The van der Waals surface area contributed by atoms with E-state index in [4.69, 9.17) is 0 Å². The Morgan fingerprint density at radius 2 is 0.829 bits per heavy atom. The van der Waals surface area contributed by atoms with Crippen LogP contribution in [0.1, 0.15) is 13.3 Å². The molecule has 1 fully saturated rings. The van der Waals surface area contributed by atoms with Gasteiger partial charge < -0.3 is 4.55 Å². The zero-order valence-corrected chi connectivity index (χ0v) is 22.3. The third kappa shape index (κ3) is 4.69. The first-order valence-corrected chi connectivity index (χ1v) is 14.1. The minimum absolute atomic E-state index is 0.0146. The molecule has 3 aromatic carbocycles. The second-order valence-corrected chi connectivity index (χ2v) is 12.2. The first-order valence-electron chi connectivity index (χ1n) is 11.5. The van der Waals surface area contributed by atoms with Crippen LogP contribution >= 0.6 is 0 Å². The van der Waals surface area contributed by atoms with Gasteiger partial charge in [0.1, 0.15) is 10.1 Å². The molecule has 4 rings (SSSR count). The highest BCUT2D eigenvalue weighted by atomic mass is 32.2. The molecule has 15 heteroatoms. The standard InChI is InChI=1S/C18H15S.C8H6F10O3S/c1-4-10-16(11-5-1)19(17-12-6-2-7-13-17)18-14-8-3-9-15-18;1-2-3(9)4(10,11)6(14,15)8(18,22(19,20)21)7(16,17)5(3,12)13/h1-15H;2H2,1H3,(H,19,20,21)/q+1;/p-1. The molecule has 1 aliphatic carbocycles. The quantitative estimate of drug-likeness (QED) is 0.165. The molecule has 0 N–H and O–H groups in total. The second kappa shape index (κ2) is 10.8. The lowest BCUT2D eigenvalue weighted by Gasteiger charge is -2.55. The van der Waals surface area contributed by atoms with Crippen molar-refractivity contribution < 1.29 is 56.9 Å². The Morgan fingerprint density at radius 3 is 1.05 bits per heavy atom. The topological polar surface area (TPSA) is 57.2 Å². The summed E-state index contributed by atoms with van der Waals surface area (Å²) in [7, 11) is -7.80. The molecule has 0 unspecified atom stereocenters. The number of alkyl halides is 10. The Balaban J connectivity index is 0.000000227. The summed E-state index contributed by atoms with van der Waals surface area (Å²) in [6, 6.07) is 32.2. The van der Waals surface area contributed by atoms with Gasteiger partial charge >= 0.3 is 28.7 Å². The van der Waals surface area contributed by atoms with E-state index in [0.717, 1.165) is 0 Å². The van der Waals surface area contributed by atoms with Crippen molar-refractivity contribution in [2.45, 2.75) is 62.4 Å². The number of hydrogen-bond acceptors (Lipinski definition) is 3. The lowest BCUT2D eigenvalue weighted by Crippen LogP contribution is -2.86. The molecule has 0 amide bonds. The van der Waals surface area contributed by atoms with Crippen LogP contribution in [0.15, 0.2) is 106 Å². The van der Waals surface area contributed by atoms with Gasteiger partial charge in [-0.05, 0) is 42.8 Å². The molecule has 0 saturated heterocycles. The summed E-state index contributed by atoms with van der Waals surface area (Å²) in [5.41, 5.74) is -6.01. The molecule has 0 aliphatic heterocycles. The normalized spacial score (nSPS) is 26.1. The average Bonchev–Trinajstić information content (AvgIpc) is 2.92. The largest absolute Gasteiger partial charge is 0.745 e. The molecule has 0 atom stereocenters. The fourth-order valence-electron chi connectivity index (χ4n) is 4.13. The average molecular weight is 635 g/mol. The van der Waals surface area contributed by atoms with Gasteiger partial charge in [0.15, 0.2) is 14.7 Å². The number of rotatable bonds is 5. The maximum atomic E-state index is 13.7. The molecule has 0 aromatic heterocycles. The van der Waals surface area contributed by atoms with Crippen molar-refractivity contribution in [1.82, 2.24) is 0 Å². The van der Waals surface area contributed by atoms with Gasteiger partial charge in [-0.15, -0.1) is 0 Å². The van der Waals surface area contributed by atoms with E-state index in [1.165, 1.54) is 14.7 Å². The lowest BCUT2D eigenvalue weighted by atomic mass is 9.72. The van der Waals surface area contributed by atoms with Gasteiger partial charge in [0, 0.05) is 0 Å². The summed E-state index contributed by atoms with van der Waals surface area (Å²) in [5.74, 6) is -28.4. The molecule has 3 nitrogen and oxygen atoms in total. The Hall–Kier alpha value is -2.78. The highest BCUT2D eigenvalue weighted by Gasteiger charge is 3.01. The smallest absolute Gasteiger partial charge is 0.366 e. The van der Waals surface area contributed by atoms with E-state index in [9.17, 15) is 56.9 Å². The summed E-state index contributed by atoms with van der Waals surface area (Å²) < 4.78 is 165. The molecule has 0 spiro atoms. The maximum Gasteiger partial charge on any atom is 0.366 e. The highest BCUT2D eigenvalue weighted by Crippen LogP contribution is 2.70. The predicted octanol–water partition coefficient (Wildman–Crippen LogP) is 7.65. The Bertz CT molecular complexity index is 1320. The van der Waals surface area contributed by atoms with E-state index in [0.29, 0.717) is 0 Å². The first-order chi connectivity index (χ1) is 18.8. The highest BCUT2D eigenvalue weighted by molar-refractivity contribution is 7.97. The van der Waals surface area contributed by atoms with Crippen LogP contribution in [0.5, 0.6) is 0 Å². The third-order valence-electron chi connectivity index (χ3n) is 6.36. The van der Waals surface area contributed by atoms with Crippen molar-refractivity contribution in [3.05, 3.63) is 91.0 Å².